The van der Waals surface area contributed by atoms with E-state index in [1.165, 1.54) is 23.1 Å². The molecule has 0 radical (unpaired) electrons. The van der Waals surface area contributed by atoms with Crippen LogP contribution in [-0.2, 0) is 11.0 Å². The molecule has 0 aliphatic carbocycles. The highest BCUT2D eigenvalue weighted by Gasteiger charge is 2.33. The van der Waals surface area contributed by atoms with E-state index in [4.69, 9.17) is 0 Å². The summed E-state index contributed by atoms with van der Waals surface area (Å²) in [6, 6.07) is 14.2. The number of ether oxygens (including phenoxy) is 1. The maximum atomic E-state index is 13.0. The van der Waals surface area contributed by atoms with Crippen LogP contribution in [0.5, 0.6) is 5.75 Å². The highest BCUT2D eigenvalue weighted by atomic mass is 19.4. The van der Waals surface area contributed by atoms with Crippen molar-refractivity contribution in [1.29, 1.82) is 0 Å². The number of nitrogens with zero attached hydrogens (tertiary/aromatic N) is 1. The van der Waals surface area contributed by atoms with Gasteiger partial charge < -0.3 is 20.3 Å². The van der Waals surface area contributed by atoms with Crippen molar-refractivity contribution in [3.05, 3.63) is 78.4 Å². The van der Waals surface area contributed by atoms with Crippen molar-refractivity contribution in [2.75, 3.05) is 16.8 Å². The van der Waals surface area contributed by atoms with Crippen molar-refractivity contribution in [2.24, 2.45) is 0 Å². The average Bonchev–Trinajstić information content (AvgIpc) is 2.85. The van der Waals surface area contributed by atoms with E-state index < -0.39 is 36.1 Å². The number of piperidine rings is 1. The van der Waals surface area contributed by atoms with Crippen molar-refractivity contribution in [3.8, 4) is 16.9 Å². The van der Waals surface area contributed by atoms with E-state index in [2.05, 4.69) is 15.4 Å². The summed E-state index contributed by atoms with van der Waals surface area (Å²) >= 11 is 0. The number of amides is 3. The fraction of sp³-hybridized carbons (Fsp3) is 0.231. The van der Waals surface area contributed by atoms with E-state index in [0.29, 0.717) is 30.6 Å². The minimum atomic E-state index is -4.85. The van der Waals surface area contributed by atoms with Crippen LogP contribution in [0.1, 0.15) is 18.4 Å². The summed E-state index contributed by atoms with van der Waals surface area (Å²) in [7, 11) is 0. The molecular weight excluding hydrogens is 516 g/mol. The van der Waals surface area contributed by atoms with Crippen LogP contribution in [0, 0.1) is 0 Å². The lowest BCUT2D eigenvalue weighted by Gasteiger charge is -2.32. The third kappa shape index (κ3) is 6.55. The molecule has 0 spiro atoms. The third-order valence-electron chi connectivity index (χ3n) is 5.82. The molecule has 3 amide bonds. The molecule has 0 aromatic heterocycles. The molecule has 6 nitrogen and oxygen atoms in total. The Balaban J connectivity index is 1.42. The standard InChI is InChI=1S/C26H21F6N3O3/c27-25(28,29)17-9-11-18(12-10-17)33-24(37)34-21-5-3-15-35(23(21)36)19-13-7-16(8-14-19)20-4-1-2-6-22(20)38-26(30,31)32/h1-2,4,6-14,21H,3,5,15H2,(H2,33,34,37)/t21-/m1/s1. The number of carbonyl (C=O) groups is 2. The van der Waals surface area contributed by atoms with Crippen LogP contribution in [0.25, 0.3) is 11.1 Å². The molecule has 200 valence electrons. The van der Waals surface area contributed by atoms with Crippen molar-refractivity contribution < 1.29 is 40.7 Å². The Morgan fingerprint density at radius 3 is 2.18 bits per heavy atom. The normalized spacial score (nSPS) is 16.2. The molecule has 38 heavy (non-hydrogen) atoms. The van der Waals surface area contributed by atoms with Gasteiger partial charge in [0, 0.05) is 23.5 Å². The van der Waals surface area contributed by atoms with Gasteiger partial charge in [-0.15, -0.1) is 13.2 Å². The van der Waals surface area contributed by atoms with Gasteiger partial charge in [-0.05, 0) is 60.9 Å². The minimum absolute atomic E-state index is 0.126. The van der Waals surface area contributed by atoms with Gasteiger partial charge in [0.2, 0.25) is 5.91 Å². The lowest BCUT2D eigenvalue weighted by Crippen LogP contribution is -2.53. The molecule has 1 fully saturated rings. The number of hydrogen-bond acceptors (Lipinski definition) is 3. The van der Waals surface area contributed by atoms with Gasteiger partial charge in [-0.1, -0.05) is 30.3 Å². The topological polar surface area (TPSA) is 70.7 Å². The maximum Gasteiger partial charge on any atom is 0.573 e. The zero-order valence-corrected chi connectivity index (χ0v) is 19.6. The van der Waals surface area contributed by atoms with Gasteiger partial charge in [0.1, 0.15) is 11.8 Å². The lowest BCUT2D eigenvalue weighted by atomic mass is 10.0. The van der Waals surface area contributed by atoms with E-state index in [9.17, 15) is 35.9 Å². The van der Waals surface area contributed by atoms with Crippen LogP contribution in [-0.4, -0.2) is 30.9 Å². The fourth-order valence-electron chi connectivity index (χ4n) is 4.07. The predicted molar refractivity (Wildman–Crippen MR) is 128 cm³/mol. The van der Waals surface area contributed by atoms with Gasteiger partial charge in [0.25, 0.3) is 0 Å². The number of urea groups is 1. The minimum Gasteiger partial charge on any atom is -0.405 e. The number of carbonyl (C=O) groups excluding carboxylic acids is 2. The monoisotopic (exact) mass is 537 g/mol. The van der Waals surface area contributed by atoms with Crippen LogP contribution in [0.2, 0.25) is 0 Å². The van der Waals surface area contributed by atoms with Gasteiger partial charge in [0.15, 0.2) is 0 Å². The van der Waals surface area contributed by atoms with Gasteiger partial charge in [-0.2, -0.15) is 13.2 Å². The number of benzene rings is 3. The second-order valence-electron chi connectivity index (χ2n) is 8.45. The highest BCUT2D eigenvalue weighted by molar-refractivity contribution is 6.01. The molecule has 0 unspecified atom stereocenters. The molecule has 0 saturated carbocycles. The Labute approximate surface area is 213 Å². The molecule has 12 heteroatoms. The molecule has 0 bridgehead atoms. The summed E-state index contributed by atoms with van der Waals surface area (Å²) in [4.78, 5) is 26.9. The molecule has 1 heterocycles. The summed E-state index contributed by atoms with van der Waals surface area (Å²) in [6.45, 7) is 0.366. The molecule has 2 N–H and O–H groups in total. The van der Waals surface area contributed by atoms with E-state index in [-0.39, 0.29) is 17.0 Å². The van der Waals surface area contributed by atoms with Crippen molar-refractivity contribution >= 4 is 23.3 Å². The first-order valence-electron chi connectivity index (χ1n) is 11.4. The number of para-hydroxylation sites is 1. The highest BCUT2D eigenvalue weighted by Crippen LogP contribution is 2.35. The second-order valence-corrected chi connectivity index (χ2v) is 8.45. The predicted octanol–water partition coefficient (Wildman–Crippen LogP) is 6.59. The summed E-state index contributed by atoms with van der Waals surface area (Å²) in [5.74, 6) is -0.752. The SMILES string of the molecule is O=C(Nc1ccc(C(F)(F)F)cc1)N[C@@H]1CCCN(c2ccc(-c3ccccc3OC(F)(F)F)cc2)C1=O. The largest absolute Gasteiger partial charge is 0.573 e. The molecule has 1 aliphatic heterocycles. The summed E-state index contributed by atoms with van der Waals surface area (Å²) < 4.78 is 80.5. The fourth-order valence-corrected chi connectivity index (χ4v) is 4.07. The zero-order valence-electron chi connectivity index (χ0n) is 19.6. The number of alkyl halides is 6. The second kappa shape index (κ2) is 10.6. The molecule has 1 atom stereocenters. The van der Waals surface area contributed by atoms with Crippen LogP contribution in [0.4, 0.5) is 42.5 Å². The first-order valence-corrected chi connectivity index (χ1v) is 11.4. The first kappa shape index (κ1) is 26.8. The molecule has 3 aromatic carbocycles. The number of anilines is 2. The Morgan fingerprint density at radius 2 is 1.55 bits per heavy atom. The third-order valence-corrected chi connectivity index (χ3v) is 5.82. The van der Waals surface area contributed by atoms with Crippen LogP contribution in [0.3, 0.4) is 0 Å². The number of halogens is 6. The molecule has 3 aromatic rings. The maximum absolute atomic E-state index is 13.0. The van der Waals surface area contributed by atoms with E-state index in [0.717, 1.165) is 24.3 Å². The zero-order chi connectivity index (χ0) is 27.5. The lowest BCUT2D eigenvalue weighted by molar-refractivity contribution is -0.274. The van der Waals surface area contributed by atoms with Crippen molar-refractivity contribution in [2.45, 2.75) is 31.4 Å². The molecular formula is C26H21F6N3O3. The number of nitrogens with one attached hydrogen (secondary N) is 2. The Morgan fingerprint density at radius 1 is 0.895 bits per heavy atom. The van der Waals surface area contributed by atoms with Crippen molar-refractivity contribution in [3.63, 3.8) is 0 Å². The van der Waals surface area contributed by atoms with Gasteiger partial charge >= 0.3 is 18.6 Å². The van der Waals surface area contributed by atoms with E-state index in [1.54, 1.807) is 30.3 Å². The van der Waals surface area contributed by atoms with E-state index >= 15 is 0 Å². The Kier molecular flexibility index (Phi) is 7.51. The Hall–Kier alpha value is -4.22. The Bertz CT molecular complexity index is 1290. The van der Waals surface area contributed by atoms with Gasteiger partial charge in [-0.3, -0.25) is 4.79 Å². The first-order chi connectivity index (χ1) is 17.9. The quantitative estimate of drug-likeness (QED) is 0.361. The molecule has 1 saturated heterocycles. The summed E-state index contributed by atoms with van der Waals surface area (Å²) in [5, 5.41) is 4.95. The van der Waals surface area contributed by atoms with Crippen LogP contribution in [0.15, 0.2) is 72.8 Å². The summed E-state index contributed by atoms with van der Waals surface area (Å²) in [5.41, 5.74) is 0.428. The molecule has 4 rings (SSSR count). The number of hydrogen-bond donors (Lipinski definition) is 2. The van der Waals surface area contributed by atoms with Crippen molar-refractivity contribution in [1.82, 2.24) is 5.32 Å². The van der Waals surface area contributed by atoms with Gasteiger partial charge in [0.05, 0.1) is 5.56 Å². The number of rotatable bonds is 5. The van der Waals surface area contributed by atoms with Gasteiger partial charge in [-0.25, -0.2) is 4.79 Å². The van der Waals surface area contributed by atoms with Crippen LogP contribution >= 0.6 is 0 Å². The van der Waals surface area contributed by atoms with Crippen LogP contribution < -0.4 is 20.3 Å². The van der Waals surface area contributed by atoms with E-state index in [1.807, 2.05) is 0 Å². The molecule has 1 aliphatic rings. The average molecular weight is 537 g/mol. The smallest absolute Gasteiger partial charge is 0.405 e. The summed E-state index contributed by atoms with van der Waals surface area (Å²) in [6.07, 6.45) is -8.44.